The number of ether oxygens (including phenoxy) is 2. The van der Waals surface area contributed by atoms with Gasteiger partial charge in [0.05, 0.1) is 24.1 Å². The number of hydrogen-bond donors (Lipinski definition) is 1. The summed E-state index contributed by atoms with van der Waals surface area (Å²) in [6, 6.07) is 0.488. The average Bonchev–Trinajstić information content (AvgIpc) is 3.59. The molecule has 0 unspecified atom stereocenters. The normalized spacial score (nSPS) is 20.6. The largest absolute Gasteiger partial charge is 0.486 e. The van der Waals surface area contributed by atoms with Crippen LogP contribution in [0, 0.1) is 5.41 Å². The molecule has 1 spiro atoms. The molecule has 0 radical (unpaired) electrons. The molecule has 2 aliphatic heterocycles. The Morgan fingerprint density at radius 2 is 1.85 bits per heavy atom. The topological polar surface area (TPSA) is 96.9 Å². The van der Waals surface area contributed by atoms with E-state index < -0.39 is 11.7 Å². The number of anilines is 1. The molecule has 1 saturated carbocycles. The maximum Gasteiger partial charge on any atom is 0.407 e. The number of rotatable bonds is 7. The Hall–Kier alpha value is -2.91. The number of nitrogens with zero attached hydrogens (tertiary/aromatic N) is 4. The van der Waals surface area contributed by atoms with E-state index in [1.54, 1.807) is 33.2 Å². The van der Waals surface area contributed by atoms with Crippen molar-refractivity contribution in [1.29, 1.82) is 0 Å². The Morgan fingerprint density at radius 1 is 1.21 bits per heavy atom. The van der Waals surface area contributed by atoms with Crippen molar-refractivity contribution in [2.75, 3.05) is 37.7 Å². The molecule has 10 heteroatoms. The fraction of sp³-hybridized carbons (Fsp3) is 0.667. The second-order valence-electron chi connectivity index (χ2n) is 10.4. The summed E-state index contributed by atoms with van der Waals surface area (Å²) in [6.45, 7) is 7.56. The molecule has 0 bridgehead atoms. The number of likely N-dealkylation sites (tertiary alicyclic amines) is 1. The molecule has 0 atom stereocenters. The van der Waals surface area contributed by atoms with Gasteiger partial charge < -0.3 is 24.6 Å². The molecule has 1 aromatic rings. The second-order valence-corrected chi connectivity index (χ2v) is 10.4. The minimum Gasteiger partial charge on any atom is -0.486 e. The summed E-state index contributed by atoms with van der Waals surface area (Å²) in [7, 11) is 0. The average molecular weight is 476 g/mol. The van der Waals surface area contributed by atoms with Gasteiger partial charge in [0.15, 0.2) is 5.75 Å². The van der Waals surface area contributed by atoms with Crippen LogP contribution < -0.4 is 15.0 Å². The maximum atomic E-state index is 13.2. The van der Waals surface area contributed by atoms with Crippen LogP contribution in [0.3, 0.4) is 0 Å². The predicted molar refractivity (Wildman–Crippen MR) is 124 cm³/mol. The molecule has 2 amide bonds. The predicted octanol–water partition coefficient (Wildman–Crippen LogP) is 3.21. The highest BCUT2D eigenvalue weighted by Crippen LogP contribution is 2.45. The van der Waals surface area contributed by atoms with Gasteiger partial charge in [-0.15, -0.1) is 0 Å². The Bertz CT molecular complexity index is 918. The number of amides is 2. The van der Waals surface area contributed by atoms with Gasteiger partial charge in [-0.05, 0) is 52.9 Å². The number of carbonyl (C=O) groups is 2. The molecule has 4 rings (SSSR count). The van der Waals surface area contributed by atoms with Gasteiger partial charge in [-0.2, -0.15) is 0 Å². The number of piperidine rings is 1. The highest BCUT2D eigenvalue weighted by Gasteiger charge is 2.51. The lowest BCUT2D eigenvalue weighted by molar-refractivity contribution is -0.137. The fourth-order valence-electron chi connectivity index (χ4n) is 4.53. The van der Waals surface area contributed by atoms with Crippen molar-refractivity contribution in [3.63, 3.8) is 0 Å². The van der Waals surface area contributed by atoms with E-state index in [0.29, 0.717) is 30.0 Å². The molecule has 2 saturated heterocycles. The first-order valence-corrected chi connectivity index (χ1v) is 11.9. The second kappa shape index (κ2) is 9.76. The molecule has 3 fully saturated rings. The van der Waals surface area contributed by atoms with Crippen molar-refractivity contribution >= 4 is 17.9 Å². The van der Waals surface area contributed by atoms with Gasteiger partial charge in [0, 0.05) is 37.8 Å². The zero-order valence-corrected chi connectivity index (χ0v) is 20.2. The molecule has 1 aromatic heterocycles. The van der Waals surface area contributed by atoms with Crippen molar-refractivity contribution in [1.82, 2.24) is 20.2 Å². The molecular formula is C24H34FN5O4. The van der Waals surface area contributed by atoms with Gasteiger partial charge in [-0.25, -0.2) is 19.2 Å². The molecule has 1 aliphatic carbocycles. The van der Waals surface area contributed by atoms with Crippen LogP contribution in [-0.2, 0) is 9.53 Å². The van der Waals surface area contributed by atoms with Gasteiger partial charge in [-0.3, -0.25) is 4.79 Å². The number of carbonyl (C=O) groups excluding carboxylic acids is 2. The van der Waals surface area contributed by atoms with Crippen LogP contribution in [0.25, 0.3) is 0 Å². The third kappa shape index (κ3) is 5.77. The van der Waals surface area contributed by atoms with E-state index in [-0.39, 0.29) is 24.1 Å². The molecule has 3 heterocycles. The molecule has 186 valence electrons. The Labute approximate surface area is 199 Å². The number of hydrogen-bond acceptors (Lipinski definition) is 7. The van der Waals surface area contributed by atoms with Crippen molar-refractivity contribution in [3.8, 4) is 5.75 Å². The molecule has 1 N–H and O–H groups in total. The number of alkyl carbamates (subject to hydrolysis) is 1. The zero-order chi connectivity index (χ0) is 24.3. The highest BCUT2D eigenvalue weighted by atomic mass is 19.1. The van der Waals surface area contributed by atoms with Crippen molar-refractivity contribution in [3.05, 3.63) is 24.3 Å². The van der Waals surface area contributed by atoms with E-state index in [9.17, 15) is 14.0 Å². The van der Waals surface area contributed by atoms with Crippen LogP contribution in [0.1, 0.15) is 52.9 Å². The van der Waals surface area contributed by atoms with Crippen molar-refractivity contribution in [2.45, 2.75) is 64.5 Å². The minimum absolute atomic E-state index is 0.0310. The van der Waals surface area contributed by atoms with E-state index in [0.717, 1.165) is 51.7 Å². The molecular weight excluding hydrogens is 441 g/mol. The van der Waals surface area contributed by atoms with Crippen LogP contribution in [-0.4, -0.2) is 71.3 Å². The summed E-state index contributed by atoms with van der Waals surface area (Å²) in [6.07, 6.45) is 7.80. The fourth-order valence-corrected chi connectivity index (χ4v) is 4.53. The Morgan fingerprint density at radius 3 is 2.44 bits per heavy atom. The Balaban J connectivity index is 1.23. The van der Waals surface area contributed by atoms with E-state index in [1.807, 2.05) is 0 Å². The molecule has 34 heavy (non-hydrogen) atoms. The van der Waals surface area contributed by atoms with Crippen LogP contribution in [0.4, 0.5) is 15.1 Å². The van der Waals surface area contributed by atoms with Crippen molar-refractivity contribution in [2.24, 2.45) is 5.41 Å². The maximum absolute atomic E-state index is 13.2. The van der Waals surface area contributed by atoms with Crippen LogP contribution >= 0.6 is 0 Å². The highest BCUT2D eigenvalue weighted by molar-refractivity contribution is 5.85. The summed E-state index contributed by atoms with van der Waals surface area (Å²) >= 11 is 0. The van der Waals surface area contributed by atoms with Gasteiger partial charge in [0.25, 0.3) is 0 Å². The van der Waals surface area contributed by atoms with E-state index in [2.05, 4.69) is 25.1 Å². The Kier molecular flexibility index (Phi) is 6.95. The van der Waals surface area contributed by atoms with E-state index in [1.165, 1.54) is 0 Å². The monoisotopic (exact) mass is 475 g/mol. The summed E-state index contributed by atoms with van der Waals surface area (Å²) < 4.78 is 23.9. The number of aromatic nitrogens is 2. The first-order chi connectivity index (χ1) is 16.2. The summed E-state index contributed by atoms with van der Waals surface area (Å²) in [5, 5.41) is 2.50. The SMILES string of the molecule is CC(C)(C)OC(=O)NC/C(=C\F)COc1cnc(N2CCC3(CC2)CCN(C2CC2)C3=O)nc1. The lowest BCUT2D eigenvalue weighted by atomic mass is 9.77. The minimum atomic E-state index is -0.627. The van der Waals surface area contributed by atoms with E-state index in [4.69, 9.17) is 9.47 Å². The third-order valence-corrected chi connectivity index (χ3v) is 6.59. The third-order valence-electron chi connectivity index (χ3n) is 6.59. The summed E-state index contributed by atoms with van der Waals surface area (Å²) in [4.78, 5) is 37.7. The molecule has 0 aromatic carbocycles. The summed E-state index contributed by atoms with van der Waals surface area (Å²) in [5.74, 6) is 1.34. The number of nitrogens with one attached hydrogen (secondary N) is 1. The van der Waals surface area contributed by atoms with Crippen LogP contribution in [0.5, 0.6) is 5.75 Å². The van der Waals surface area contributed by atoms with Gasteiger partial charge >= 0.3 is 6.09 Å². The number of halogens is 1. The lowest BCUT2D eigenvalue weighted by Crippen LogP contribution is -2.45. The quantitative estimate of drug-likeness (QED) is 0.647. The van der Waals surface area contributed by atoms with Gasteiger partial charge in [0.2, 0.25) is 11.9 Å². The zero-order valence-electron chi connectivity index (χ0n) is 20.2. The first kappa shape index (κ1) is 24.2. The summed E-state index contributed by atoms with van der Waals surface area (Å²) in [5.41, 5.74) is -0.583. The van der Waals surface area contributed by atoms with E-state index >= 15 is 0 Å². The smallest absolute Gasteiger partial charge is 0.407 e. The molecule has 9 nitrogen and oxygen atoms in total. The first-order valence-electron chi connectivity index (χ1n) is 11.9. The van der Waals surface area contributed by atoms with Crippen molar-refractivity contribution < 1.29 is 23.5 Å². The van der Waals surface area contributed by atoms with Crippen LogP contribution in [0.2, 0.25) is 0 Å². The lowest BCUT2D eigenvalue weighted by Gasteiger charge is -2.38. The molecule has 3 aliphatic rings. The standard InChI is InChI=1S/C24H34FN5O4/c1-23(2,3)34-22(32)28-13-17(12-25)16-33-19-14-26-21(27-15-19)29-9-6-24(7-10-29)8-11-30(20(24)31)18-4-5-18/h12,14-15,18H,4-11,13,16H2,1-3H3,(H,28,32)/b17-12+. The van der Waals surface area contributed by atoms with Gasteiger partial charge in [-0.1, -0.05) is 0 Å². The van der Waals surface area contributed by atoms with Gasteiger partial charge in [0.1, 0.15) is 12.2 Å². The van der Waals surface area contributed by atoms with Crippen LogP contribution in [0.15, 0.2) is 24.3 Å².